The molecule has 2 amide bonds. The number of hydrogen-bond acceptors (Lipinski definition) is 5. The van der Waals surface area contributed by atoms with Gasteiger partial charge in [0.25, 0.3) is 0 Å². The molecule has 1 heterocycles. The zero-order valence-electron chi connectivity index (χ0n) is 12.7. The Morgan fingerprint density at radius 1 is 1.40 bits per heavy atom. The van der Waals surface area contributed by atoms with Gasteiger partial charge in [0.2, 0.25) is 0 Å². The molecule has 1 atom stereocenters. The molecular formula is C13H25N3O4. The van der Waals surface area contributed by atoms with Gasteiger partial charge in [0.1, 0.15) is 5.60 Å². The average molecular weight is 287 g/mol. The van der Waals surface area contributed by atoms with Gasteiger partial charge in [0, 0.05) is 32.2 Å². The summed E-state index contributed by atoms with van der Waals surface area (Å²) in [6, 6.07) is 0.000625. The zero-order chi connectivity index (χ0) is 15.2. The van der Waals surface area contributed by atoms with Crippen LogP contribution in [0.1, 0.15) is 27.7 Å². The predicted octanol–water partition coefficient (Wildman–Crippen LogP) is 0.941. The lowest BCUT2D eigenvalue weighted by molar-refractivity contribution is 0.0514. The van der Waals surface area contributed by atoms with Crippen molar-refractivity contribution in [2.75, 3.05) is 32.8 Å². The third-order valence-electron chi connectivity index (χ3n) is 2.67. The molecule has 7 nitrogen and oxygen atoms in total. The average Bonchev–Trinajstić information content (AvgIpc) is 2.35. The number of carbonyl (C=O) groups excluding carboxylic acids is 2. The highest BCUT2D eigenvalue weighted by Gasteiger charge is 2.25. The highest BCUT2D eigenvalue weighted by Crippen LogP contribution is 2.07. The van der Waals surface area contributed by atoms with Gasteiger partial charge in [0.15, 0.2) is 0 Å². The van der Waals surface area contributed by atoms with E-state index in [0.29, 0.717) is 32.8 Å². The Labute approximate surface area is 120 Å². The summed E-state index contributed by atoms with van der Waals surface area (Å²) in [5, 5.41) is 5.94. The van der Waals surface area contributed by atoms with Crippen LogP contribution in [-0.4, -0.2) is 61.5 Å². The number of alkyl carbamates (subject to hydrolysis) is 1. The minimum Gasteiger partial charge on any atom is -0.450 e. The van der Waals surface area contributed by atoms with Crippen molar-refractivity contribution in [2.45, 2.75) is 39.3 Å². The van der Waals surface area contributed by atoms with Crippen LogP contribution < -0.4 is 10.6 Å². The molecule has 1 aliphatic heterocycles. The second-order valence-corrected chi connectivity index (χ2v) is 5.68. The maximum absolute atomic E-state index is 11.6. The third kappa shape index (κ3) is 6.10. The Morgan fingerprint density at radius 2 is 2.10 bits per heavy atom. The molecule has 1 fully saturated rings. The molecule has 0 radical (unpaired) electrons. The van der Waals surface area contributed by atoms with Gasteiger partial charge >= 0.3 is 12.2 Å². The van der Waals surface area contributed by atoms with Crippen LogP contribution in [0.4, 0.5) is 9.59 Å². The fourth-order valence-corrected chi connectivity index (χ4v) is 1.86. The number of rotatable bonds is 3. The summed E-state index contributed by atoms with van der Waals surface area (Å²) in [6.07, 6.45) is -0.760. The van der Waals surface area contributed by atoms with E-state index in [9.17, 15) is 9.59 Å². The monoisotopic (exact) mass is 287 g/mol. The summed E-state index contributed by atoms with van der Waals surface area (Å²) in [7, 11) is 0. The van der Waals surface area contributed by atoms with Gasteiger partial charge in [-0.2, -0.15) is 0 Å². The lowest BCUT2D eigenvalue weighted by Crippen LogP contribution is -2.56. The smallest absolute Gasteiger partial charge is 0.409 e. The number of nitrogens with one attached hydrogen (secondary N) is 2. The van der Waals surface area contributed by atoms with Crippen LogP contribution in [0.15, 0.2) is 0 Å². The molecule has 1 rings (SSSR count). The van der Waals surface area contributed by atoms with Gasteiger partial charge < -0.3 is 25.0 Å². The van der Waals surface area contributed by atoms with E-state index in [2.05, 4.69) is 10.6 Å². The van der Waals surface area contributed by atoms with Gasteiger partial charge in [-0.25, -0.2) is 9.59 Å². The van der Waals surface area contributed by atoms with Crippen LogP contribution in [0, 0.1) is 0 Å². The van der Waals surface area contributed by atoms with E-state index in [-0.39, 0.29) is 12.1 Å². The van der Waals surface area contributed by atoms with Crippen LogP contribution in [0.5, 0.6) is 0 Å². The van der Waals surface area contributed by atoms with Gasteiger partial charge in [0.05, 0.1) is 6.61 Å². The van der Waals surface area contributed by atoms with Crippen molar-refractivity contribution >= 4 is 12.2 Å². The molecule has 1 aliphatic rings. The summed E-state index contributed by atoms with van der Waals surface area (Å²) in [5.41, 5.74) is -0.513. The number of piperazine rings is 1. The molecule has 1 unspecified atom stereocenters. The van der Waals surface area contributed by atoms with Gasteiger partial charge in [-0.3, -0.25) is 0 Å². The molecule has 116 valence electrons. The first-order chi connectivity index (χ1) is 9.31. The lowest BCUT2D eigenvalue weighted by Gasteiger charge is -2.33. The molecule has 1 saturated heterocycles. The van der Waals surface area contributed by atoms with Crippen molar-refractivity contribution in [3.8, 4) is 0 Å². The van der Waals surface area contributed by atoms with E-state index in [4.69, 9.17) is 9.47 Å². The minimum atomic E-state index is -0.513. The molecule has 2 N–H and O–H groups in total. The third-order valence-corrected chi connectivity index (χ3v) is 2.67. The highest BCUT2D eigenvalue weighted by molar-refractivity contribution is 5.68. The number of ether oxygens (including phenoxy) is 2. The second kappa shape index (κ2) is 7.33. The van der Waals surface area contributed by atoms with Crippen molar-refractivity contribution in [3.05, 3.63) is 0 Å². The normalized spacial score (nSPS) is 19.4. The van der Waals surface area contributed by atoms with Crippen molar-refractivity contribution in [1.82, 2.24) is 15.5 Å². The van der Waals surface area contributed by atoms with E-state index in [0.717, 1.165) is 0 Å². The van der Waals surface area contributed by atoms with E-state index in [1.807, 2.05) is 20.8 Å². The molecule has 0 spiro atoms. The minimum absolute atomic E-state index is 0.000625. The summed E-state index contributed by atoms with van der Waals surface area (Å²) < 4.78 is 10.1. The summed E-state index contributed by atoms with van der Waals surface area (Å²) in [4.78, 5) is 24.8. The summed E-state index contributed by atoms with van der Waals surface area (Å²) in [5.74, 6) is 0. The van der Waals surface area contributed by atoms with E-state index in [1.165, 1.54) is 0 Å². The number of nitrogens with zero attached hydrogens (tertiary/aromatic N) is 1. The van der Waals surface area contributed by atoms with E-state index < -0.39 is 11.7 Å². The topological polar surface area (TPSA) is 79.9 Å². The molecule has 0 aliphatic carbocycles. The standard InChI is InChI=1S/C13H25N3O4/c1-5-19-12(18)16-7-6-14-10(9-16)8-15-11(17)20-13(2,3)4/h10,14H,5-9H2,1-4H3,(H,15,17). The van der Waals surface area contributed by atoms with Crippen molar-refractivity contribution in [1.29, 1.82) is 0 Å². The Balaban J connectivity index is 2.33. The van der Waals surface area contributed by atoms with Crippen molar-refractivity contribution in [2.24, 2.45) is 0 Å². The molecule has 0 aromatic heterocycles. The van der Waals surface area contributed by atoms with Crippen LogP contribution in [-0.2, 0) is 9.47 Å². The Kier molecular flexibility index (Phi) is 6.06. The lowest BCUT2D eigenvalue weighted by atomic mass is 10.2. The van der Waals surface area contributed by atoms with E-state index >= 15 is 0 Å². The fraction of sp³-hybridized carbons (Fsp3) is 0.846. The molecule has 7 heteroatoms. The molecule has 0 aromatic carbocycles. The largest absolute Gasteiger partial charge is 0.450 e. The predicted molar refractivity (Wildman–Crippen MR) is 74.6 cm³/mol. The number of amides is 2. The quantitative estimate of drug-likeness (QED) is 0.807. The second-order valence-electron chi connectivity index (χ2n) is 5.68. The first-order valence-electron chi connectivity index (χ1n) is 6.93. The van der Waals surface area contributed by atoms with Crippen LogP contribution in [0.3, 0.4) is 0 Å². The Bertz CT molecular complexity index is 341. The SMILES string of the molecule is CCOC(=O)N1CCNC(CNC(=O)OC(C)(C)C)C1. The summed E-state index contributed by atoms with van der Waals surface area (Å²) >= 11 is 0. The van der Waals surface area contributed by atoms with Crippen molar-refractivity contribution in [3.63, 3.8) is 0 Å². The molecule has 0 bridgehead atoms. The van der Waals surface area contributed by atoms with Crippen LogP contribution in [0.25, 0.3) is 0 Å². The fourth-order valence-electron chi connectivity index (χ4n) is 1.86. The first kappa shape index (κ1) is 16.6. The van der Waals surface area contributed by atoms with E-state index in [1.54, 1.807) is 11.8 Å². The van der Waals surface area contributed by atoms with Gasteiger partial charge in [-0.15, -0.1) is 0 Å². The van der Waals surface area contributed by atoms with Gasteiger partial charge in [-0.1, -0.05) is 0 Å². The molecule has 0 saturated carbocycles. The zero-order valence-corrected chi connectivity index (χ0v) is 12.7. The molecular weight excluding hydrogens is 262 g/mol. The number of carbonyl (C=O) groups is 2. The Hall–Kier alpha value is -1.50. The summed E-state index contributed by atoms with van der Waals surface area (Å²) in [6.45, 7) is 9.79. The molecule has 0 aromatic rings. The maximum atomic E-state index is 11.6. The Morgan fingerprint density at radius 3 is 2.70 bits per heavy atom. The van der Waals surface area contributed by atoms with Crippen LogP contribution in [0.2, 0.25) is 0 Å². The molecule has 20 heavy (non-hydrogen) atoms. The maximum Gasteiger partial charge on any atom is 0.409 e. The first-order valence-corrected chi connectivity index (χ1v) is 6.93. The highest BCUT2D eigenvalue weighted by atomic mass is 16.6. The van der Waals surface area contributed by atoms with Crippen molar-refractivity contribution < 1.29 is 19.1 Å². The number of hydrogen-bond donors (Lipinski definition) is 2. The van der Waals surface area contributed by atoms with Crippen LogP contribution >= 0.6 is 0 Å². The van der Waals surface area contributed by atoms with Gasteiger partial charge in [-0.05, 0) is 27.7 Å².